The lowest BCUT2D eigenvalue weighted by molar-refractivity contribution is 0.220. The summed E-state index contributed by atoms with van der Waals surface area (Å²) in [6.07, 6.45) is 6.66. The molecule has 1 saturated carbocycles. The Morgan fingerprint density at radius 1 is 1.25 bits per heavy atom. The fourth-order valence-corrected chi connectivity index (χ4v) is 4.65. The van der Waals surface area contributed by atoms with Gasteiger partial charge in [0.15, 0.2) is 0 Å². The molecule has 2 aromatic rings. The number of benzene rings is 1. The number of hydrazine groups is 1. The molecule has 3 heteroatoms. The van der Waals surface area contributed by atoms with Crippen LogP contribution in [0, 0.1) is 11.8 Å². The van der Waals surface area contributed by atoms with Crippen LogP contribution in [0.15, 0.2) is 29.6 Å². The van der Waals surface area contributed by atoms with Crippen LogP contribution in [0.1, 0.15) is 50.6 Å². The standard InChI is InChI=1S/C17H24N2S/c1-2-12-7-9-13(10-8-12)17(19-18)15-11-20-16-6-4-3-5-14(15)16/h3-6,11-13,17,19H,2,7-10,18H2,1H3. The molecule has 1 aromatic heterocycles. The Bertz CT molecular complexity index is 555. The number of hydrogen-bond donors (Lipinski definition) is 2. The van der Waals surface area contributed by atoms with Gasteiger partial charge in [0.1, 0.15) is 0 Å². The summed E-state index contributed by atoms with van der Waals surface area (Å²) in [5.41, 5.74) is 4.50. The van der Waals surface area contributed by atoms with Crippen molar-refractivity contribution in [1.29, 1.82) is 0 Å². The molecule has 0 radical (unpaired) electrons. The first-order chi connectivity index (χ1) is 9.83. The van der Waals surface area contributed by atoms with E-state index in [1.807, 2.05) is 11.3 Å². The van der Waals surface area contributed by atoms with Crippen LogP contribution in [-0.2, 0) is 0 Å². The maximum Gasteiger partial charge on any atom is 0.0502 e. The van der Waals surface area contributed by atoms with Crippen LogP contribution in [-0.4, -0.2) is 0 Å². The van der Waals surface area contributed by atoms with Crippen LogP contribution >= 0.6 is 11.3 Å². The largest absolute Gasteiger partial charge is 0.271 e. The second-order valence-corrected chi connectivity index (χ2v) is 6.93. The summed E-state index contributed by atoms with van der Waals surface area (Å²) in [6.45, 7) is 2.32. The first-order valence-electron chi connectivity index (χ1n) is 7.75. The average molecular weight is 288 g/mol. The molecule has 0 amide bonds. The van der Waals surface area contributed by atoms with Gasteiger partial charge < -0.3 is 0 Å². The van der Waals surface area contributed by atoms with E-state index in [9.17, 15) is 0 Å². The number of fused-ring (bicyclic) bond motifs is 1. The lowest BCUT2D eigenvalue weighted by atomic mass is 9.76. The van der Waals surface area contributed by atoms with Gasteiger partial charge in [-0.1, -0.05) is 44.4 Å². The number of nitrogens with two attached hydrogens (primary N) is 1. The van der Waals surface area contributed by atoms with Crippen LogP contribution < -0.4 is 11.3 Å². The highest BCUT2D eigenvalue weighted by Gasteiger charge is 2.28. The van der Waals surface area contributed by atoms with Gasteiger partial charge in [-0.15, -0.1) is 11.3 Å². The van der Waals surface area contributed by atoms with E-state index < -0.39 is 0 Å². The summed E-state index contributed by atoms with van der Waals surface area (Å²) in [5, 5.41) is 3.67. The molecule has 2 nitrogen and oxygen atoms in total. The van der Waals surface area contributed by atoms with Crippen molar-refractivity contribution in [1.82, 2.24) is 5.43 Å². The summed E-state index contributed by atoms with van der Waals surface area (Å²) in [5.74, 6) is 7.52. The molecule has 3 rings (SSSR count). The van der Waals surface area contributed by atoms with E-state index in [1.165, 1.54) is 47.8 Å². The van der Waals surface area contributed by atoms with Crippen molar-refractivity contribution in [3.05, 3.63) is 35.2 Å². The second-order valence-electron chi connectivity index (χ2n) is 6.02. The molecule has 0 spiro atoms. The fourth-order valence-electron chi connectivity index (χ4n) is 3.65. The summed E-state index contributed by atoms with van der Waals surface area (Å²) < 4.78 is 1.37. The van der Waals surface area contributed by atoms with Crippen molar-refractivity contribution in [3.63, 3.8) is 0 Å². The molecule has 0 saturated heterocycles. The van der Waals surface area contributed by atoms with Crippen molar-refractivity contribution < 1.29 is 0 Å². The van der Waals surface area contributed by atoms with E-state index in [0.717, 1.165) is 5.92 Å². The van der Waals surface area contributed by atoms with Crippen LogP contribution in [0.5, 0.6) is 0 Å². The Morgan fingerprint density at radius 2 is 2.00 bits per heavy atom. The number of thiophene rings is 1. The molecular formula is C17H24N2S. The van der Waals surface area contributed by atoms with Gasteiger partial charge in [0.2, 0.25) is 0 Å². The maximum absolute atomic E-state index is 5.91. The third-order valence-electron chi connectivity index (χ3n) is 4.97. The van der Waals surface area contributed by atoms with Crippen LogP contribution in [0.3, 0.4) is 0 Å². The minimum absolute atomic E-state index is 0.309. The van der Waals surface area contributed by atoms with Crippen LogP contribution in [0.2, 0.25) is 0 Å². The summed E-state index contributed by atoms with van der Waals surface area (Å²) in [6, 6.07) is 8.97. The normalized spacial score (nSPS) is 24.9. The second kappa shape index (κ2) is 6.25. The maximum atomic E-state index is 5.91. The van der Waals surface area contributed by atoms with Gasteiger partial charge in [0.05, 0.1) is 6.04 Å². The molecule has 0 bridgehead atoms. The summed E-state index contributed by atoms with van der Waals surface area (Å²) in [7, 11) is 0. The Labute approximate surface area is 125 Å². The number of nitrogens with one attached hydrogen (secondary N) is 1. The molecule has 1 unspecified atom stereocenters. The van der Waals surface area contributed by atoms with Crippen molar-refractivity contribution in [2.24, 2.45) is 17.7 Å². The van der Waals surface area contributed by atoms with Gasteiger partial charge >= 0.3 is 0 Å². The molecule has 108 valence electrons. The Kier molecular flexibility index (Phi) is 4.39. The molecular weight excluding hydrogens is 264 g/mol. The van der Waals surface area contributed by atoms with Crippen LogP contribution in [0.25, 0.3) is 10.1 Å². The molecule has 1 aromatic carbocycles. The smallest absolute Gasteiger partial charge is 0.0502 e. The van der Waals surface area contributed by atoms with Crippen molar-refractivity contribution in [2.75, 3.05) is 0 Å². The minimum atomic E-state index is 0.309. The molecule has 3 N–H and O–H groups in total. The summed E-state index contributed by atoms with van der Waals surface area (Å²) in [4.78, 5) is 0. The Balaban J connectivity index is 1.83. The van der Waals surface area contributed by atoms with Crippen molar-refractivity contribution >= 4 is 21.4 Å². The molecule has 20 heavy (non-hydrogen) atoms. The number of rotatable bonds is 4. The molecule has 1 aliphatic carbocycles. The first-order valence-corrected chi connectivity index (χ1v) is 8.63. The molecule has 0 aliphatic heterocycles. The topological polar surface area (TPSA) is 38.0 Å². The zero-order valence-electron chi connectivity index (χ0n) is 12.1. The van der Waals surface area contributed by atoms with Gasteiger partial charge in [-0.25, -0.2) is 0 Å². The highest BCUT2D eigenvalue weighted by Crippen LogP contribution is 2.40. The molecule has 1 aliphatic rings. The van der Waals surface area contributed by atoms with Gasteiger partial charge in [-0.3, -0.25) is 11.3 Å². The van der Waals surface area contributed by atoms with E-state index in [1.54, 1.807) is 0 Å². The van der Waals surface area contributed by atoms with E-state index >= 15 is 0 Å². The predicted molar refractivity (Wildman–Crippen MR) is 87.6 cm³/mol. The lowest BCUT2D eigenvalue weighted by Crippen LogP contribution is -2.35. The van der Waals surface area contributed by atoms with Crippen LogP contribution in [0.4, 0.5) is 0 Å². The SMILES string of the molecule is CCC1CCC(C(NN)c2csc3ccccc23)CC1. The third-order valence-corrected chi connectivity index (χ3v) is 5.95. The van der Waals surface area contributed by atoms with E-state index in [2.05, 4.69) is 42.0 Å². The molecule has 1 heterocycles. The quantitative estimate of drug-likeness (QED) is 0.636. The first kappa shape index (κ1) is 14.1. The van der Waals surface area contributed by atoms with Gasteiger partial charge in [0, 0.05) is 4.70 Å². The monoisotopic (exact) mass is 288 g/mol. The van der Waals surface area contributed by atoms with E-state index in [-0.39, 0.29) is 0 Å². The zero-order chi connectivity index (χ0) is 13.9. The Morgan fingerprint density at radius 3 is 2.70 bits per heavy atom. The van der Waals surface area contributed by atoms with E-state index in [4.69, 9.17) is 5.84 Å². The lowest BCUT2D eigenvalue weighted by Gasteiger charge is -2.33. The third kappa shape index (κ3) is 2.62. The minimum Gasteiger partial charge on any atom is -0.271 e. The van der Waals surface area contributed by atoms with Crippen molar-refractivity contribution in [2.45, 2.75) is 45.1 Å². The predicted octanol–water partition coefficient (Wildman–Crippen LogP) is 4.62. The zero-order valence-corrected chi connectivity index (χ0v) is 13.0. The molecule has 1 atom stereocenters. The summed E-state index contributed by atoms with van der Waals surface area (Å²) >= 11 is 1.83. The van der Waals surface area contributed by atoms with Crippen molar-refractivity contribution in [3.8, 4) is 0 Å². The number of hydrogen-bond acceptors (Lipinski definition) is 3. The Hall–Kier alpha value is -0.900. The van der Waals surface area contributed by atoms with Gasteiger partial charge in [-0.2, -0.15) is 0 Å². The van der Waals surface area contributed by atoms with E-state index in [0.29, 0.717) is 12.0 Å². The van der Waals surface area contributed by atoms with Gasteiger partial charge in [0.25, 0.3) is 0 Å². The van der Waals surface area contributed by atoms with Gasteiger partial charge in [-0.05, 0) is 47.1 Å². The highest BCUT2D eigenvalue weighted by atomic mass is 32.1. The fraction of sp³-hybridized carbons (Fsp3) is 0.529. The average Bonchev–Trinajstić information content (AvgIpc) is 2.93. The molecule has 1 fully saturated rings. The highest BCUT2D eigenvalue weighted by molar-refractivity contribution is 7.17.